The third kappa shape index (κ3) is 4.17. The standard InChI is InChI=1S/C16H20N10O2/c1-3-25(4-2)10-12-13(20-24-26(12)15-14(17)22-28-23-15)16(27)21-19-9-11-6-5-7-18-8-11/h5-9H,3-4,10H2,1-2H3,(H2,17,22)(H,21,27). The molecule has 0 aromatic carbocycles. The highest BCUT2D eigenvalue weighted by Crippen LogP contribution is 2.17. The van der Waals surface area contributed by atoms with Crippen molar-refractivity contribution in [3.8, 4) is 5.82 Å². The molecule has 3 rings (SSSR count). The molecular formula is C16H20N10O2. The Balaban J connectivity index is 1.87. The van der Waals surface area contributed by atoms with Gasteiger partial charge in [-0.15, -0.1) is 5.10 Å². The maximum absolute atomic E-state index is 12.6. The van der Waals surface area contributed by atoms with Gasteiger partial charge in [-0.3, -0.25) is 14.7 Å². The first-order chi connectivity index (χ1) is 13.6. The van der Waals surface area contributed by atoms with Crippen molar-refractivity contribution in [1.29, 1.82) is 0 Å². The lowest BCUT2D eigenvalue weighted by atomic mass is 10.2. The molecule has 12 nitrogen and oxygen atoms in total. The number of aromatic nitrogens is 6. The first kappa shape index (κ1) is 19.1. The highest BCUT2D eigenvalue weighted by molar-refractivity contribution is 5.94. The number of hydrazone groups is 1. The first-order valence-corrected chi connectivity index (χ1v) is 8.62. The Bertz CT molecular complexity index is 946. The molecule has 0 radical (unpaired) electrons. The van der Waals surface area contributed by atoms with Gasteiger partial charge in [-0.2, -0.15) is 9.78 Å². The largest absolute Gasteiger partial charge is 0.378 e. The number of pyridine rings is 1. The van der Waals surface area contributed by atoms with E-state index in [-0.39, 0.29) is 17.3 Å². The van der Waals surface area contributed by atoms with E-state index in [1.807, 2.05) is 19.9 Å². The highest BCUT2D eigenvalue weighted by Gasteiger charge is 2.24. The monoisotopic (exact) mass is 384 g/mol. The van der Waals surface area contributed by atoms with Gasteiger partial charge >= 0.3 is 0 Å². The maximum Gasteiger partial charge on any atom is 0.293 e. The van der Waals surface area contributed by atoms with Crippen LogP contribution in [0.3, 0.4) is 0 Å². The predicted molar refractivity (Wildman–Crippen MR) is 99.5 cm³/mol. The fraction of sp³-hybridized carbons (Fsp3) is 0.312. The molecule has 0 spiro atoms. The van der Waals surface area contributed by atoms with Crippen molar-refractivity contribution >= 4 is 17.9 Å². The average Bonchev–Trinajstić information content (AvgIpc) is 3.32. The molecule has 28 heavy (non-hydrogen) atoms. The average molecular weight is 384 g/mol. The van der Waals surface area contributed by atoms with Gasteiger partial charge < -0.3 is 5.73 Å². The molecule has 0 aliphatic carbocycles. The summed E-state index contributed by atoms with van der Waals surface area (Å²) in [5.41, 5.74) is 9.57. The summed E-state index contributed by atoms with van der Waals surface area (Å²) in [6.45, 7) is 5.98. The first-order valence-electron chi connectivity index (χ1n) is 8.62. The van der Waals surface area contributed by atoms with Crippen LogP contribution in [0.1, 0.15) is 35.6 Å². The van der Waals surface area contributed by atoms with Gasteiger partial charge in [0.05, 0.1) is 11.9 Å². The molecule has 0 unspecified atom stereocenters. The third-order valence-corrected chi connectivity index (χ3v) is 4.01. The fourth-order valence-corrected chi connectivity index (χ4v) is 2.46. The van der Waals surface area contributed by atoms with Crippen molar-refractivity contribution in [2.45, 2.75) is 20.4 Å². The molecule has 0 atom stereocenters. The number of nitrogens with one attached hydrogen (secondary N) is 1. The van der Waals surface area contributed by atoms with Crippen molar-refractivity contribution in [3.05, 3.63) is 41.5 Å². The number of amides is 1. The minimum Gasteiger partial charge on any atom is -0.378 e. The summed E-state index contributed by atoms with van der Waals surface area (Å²) in [5, 5.41) is 19.2. The van der Waals surface area contributed by atoms with E-state index in [1.165, 1.54) is 10.9 Å². The number of nitrogen functional groups attached to an aromatic ring is 1. The van der Waals surface area contributed by atoms with Gasteiger partial charge in [-0.05, 0) is 29.5 Å². The number of anilines is 1. The Labute approximate surface area is 160 Å². The fourth-order valence-electron chi connectivity index (χ4n) is 2.46. The number of hydrogen-bond acceptors (Lipinski definition) is 10. The zero-order valence-corrected chi connectivity index (χ0v) is 15.5. The summed E-state index contributed by atoms with van der Waals surface area (Å²) >= 11 is 0. The van der Waals surface area contributed by atoms with Crippen LogP contribution >= 0.6 is 0 Å². The van der Waals surface area contributed by atoms with Crippen LogP contribution in [0.15, 0.2) is 34.3 Å². The summed E-state index contributed by atoms with van der Waals surface area (Å²) < 4.78 is 5.99. The molecule has 3 N–H and O–H groups in total. The van der Waals surface area contributed by atoms with Crippen molar-refractivity contribution in [2.75, 3.05) is 18.8 Å². The van der Waals surface area contributed by atoms with Crippen molar-refractivity contribution < 1.29 is 9.42 Å². The smallest absolute Gasteiger partial charge is 0.293 e. The molecule has 1 amide bonds. The van der Waals surface area contributed by atoms with Crippen molar-refractivity contribution in [2.24, 2.45) is 5.10 Å². The predicted octanol–water partition coefficient (Wildman–Crippen LogP) is 0.233. The van der Waals surface area contributed by atoms with E-state index in [9.17, 15) is 4.79 Å². The van der Waals surface area contributed by atoms with Gasteiger partial charge in [0.2, 0.25) is 11.6 Å². The quantitative estimate of drug-likeness (QED) is 0.410. The van der Waals surface area contributed by atoms with Crippen LogP contribution in [0.5, 0.6) is 0 Å². The molecule has 0 aliphatic heterocycles. The van der Waals surface area contributed by atoms with Gasteiger partial charge in [0.25, 0.3) is 5.91 Å². The Morgan fingerprint density at radius 3 is 2.86 bits per heavy atom. The van der Waals surface area contributed by atoms with Gasteiger partial charge in [0, 0.05) is 24.5 Å². The van der Waals surface area contributed by atoms with Crippen LogP contribution in [-0.2, 0) is 6.54 Å². The van der Waals surface area contributed by atoms with E-state index in [4.69, 9.17) is 5.73 Å². The Kier molecular flexibility index (Phi) is 6.01. The van der Waals surface area contributed by atoms with Crippen LogP contribution in [0, 0.1) is 0 Å². The van der Waals surface area contributed by atoms with Crippen molar-refractivity contribution in [1.82, 2.24) is 40.6 Å². The van der Waals surface area contributed by atoms with Gasteiger partial charge in [0.1, 0.15) is 0 Å². The summed E-state index contributed by atoms with van der Waals surface area (Å²) in [7, 11) is 0. The molecule has 0 fully saturated rings. The summed E-state index contributed by atoms with van der Waals surface area (Å²) in [6.07, 6.45) is 4.76. The maximum atomic E-state index is 12.6. The summed E-state index contributed by atoms with van der Waals surface area (Å²) in [4.78, 5) is 18.7. The summed E-state index contributed by atoms with van der Waals surface area (Å²) in [6, 6.07) is 3.58. The molecule has 0 saturated heterocycles. The SMILES string of the molecule is CCN(CC)Cc1c(C(=O)NN=Cc2cccnc2)nnn1-c1nonc1N. The second-order valence-corrected chi connectivity index (χ2v) is 5.72. The zero-order chi connectivity index (χ0) is 19.9. The number of hydrogen-bond donors (Lipinski definition) is 2. The number of carbonyl (C=O) groups excluding carboxylic acids is 1. The van der Waals surface area contributed by atoms with Gasteiger partial charge in [-0.1, -0.05) is 25.1 Å². The number of nitrogens with zero attached hydrogens (tertiary/aromatic N) is 8. The topological polar surface area (TPSA) is 153 Å². The Morgan fingerprint density at radius 2 is 2.21 bits per heavy atom. The van der Waals surface area contributed by atoms with Crippen LogP contribution in [0.25, 0.3) is 5.82 Å². The van der Waals surface area contributed by atoms with E-state index >= 15 is 0 Å². The molecule has 3 heterocycles. The lowest BCUT2D eigenvalue weighted by Gasteiger charge is -2.18. The van der Waals surface area contributed by atoms with Crippen molar-refractivity contribution in [3.63, 3.8) is 0 Å². The van der Waals surface area contributed by atoms with Crippen LogP contribution in [0.2, 0.25) is 0 Å². The normalized spacial score (nSPS) is 11.4. The van der Waals surface area contributed by atoms with E-state index in [0.717, 1.165) is 18.7 Å². The summed E-state index contributed by atoms with van der Waals surface area (Å²) in [5.74, 6) is -0.289. The van der Waals surface area contributed by atoms with E-state index in [1.54, 1.807) is 18.5 Å². The number of rotatable bonds is 8. The molecule has 12 heteroatoms. The minimum absolute atomic E-state index is 0.0484. The lowest BCUT2D eigenvalue weighted by Crippen LogP contribution is -2.27. The van der Waals surface area contributed by atoms with Gasteiger partial charge in [0.15, 0.2) is 5.69 Å². The second-order valence-electron chi connectivity index (χ2n) is 5.72. The third-order valence-electron chi connectivity index (χ3n) is 4.01. The van der Waals surface area contributed by atoms with E-state index in [2.05, 4.69) is 45.7 Å². The highest BCUT2D eigenvalue weighted by atomic mass is 16.6. The Hall–Kier alpha value is -3.67. The molecule has 146 valence electrons. The zero-order valence-electron chi connectivity index (χ0n) is 15.5. The molecular weight excluding hydrogens is 364 g/mol. The van der Waals surface area contributed by atoms with Crippen LogP contribution in [-0.4, -0.2) is 60.4 Å². The molecule has 0 aliphatic rings. The van der Waals surface area contributed by atoms with E-state index < -0.39 is 5.91 Å². The lowest BCUT2D eigenvalue weighted by molar-refractivity contribution is 0.0948. The minimum atomic E-state index is -0.511. The Morgan fingerprint density at radius 1 is 1.39 bits per heavy atom. The molecule has 0 bridgehead atoms. The molecule has 0 saturated carbocycles. The molecule has 3 aromatic heterocycles. The van der Waals surface area contributed by atoms with E-state index in [0.29, 0.717) is 12.2 Å². The second kappa shape index (κ2) is 8.81. The molecule has 3 aromatic rings. The number of carbonyl (C=O) groups is 1. The number of nitrogens with two attached hydrogens (primary N) is 1. The van der Waals surface area contributed by atoms with Gasteiger partial charge in [-0.25, -0.2) is 10.1 Å². The van der Waals surface area contributed by atoms with Crippen LogP contribution < -0.4 is 11.2 Å². The van der Waals surface area contributed by atoms with Crippen LogP contribution in [0.4, 0.5) is 5.82 Å².